The molecule has 0 saturated carbocycles. The van der Waals surface area contributed by atoms with Gasteiger partial charge in [-0.15, -0.1) is 9.42 Å². The number of H-pyrrole nitrogens is 1. The lowest BCUT2D eigenvalue weighted by Crippen LogP contribution is -2.28. The lowest BCUT2D eigenvalue weighted by atomic mass is 9.92. The van der Waals surface area contributed by atoms with Gasteiger partial charge in [0.05, 0.1) is 12.4 Å². The van der Waals surface area contributed by atoms with Crippen molar-refractivity contribution >= 4 is 19.4 Å². The van der Waals surface area contributed by atoms with Crippen LogP contribution in [0.25, 0.3) is 11.2 Å². The zero-order valence-corrected chi connectivity index (χ0v) is 15.3. The Balaban J connectivity index is 2.07. The minimum absolute atomic E-state index is 0.0216. The SMILES string of the molecule is CCC[C@@H]1C(O[P+](=O)O)[C@H](n2cnc3c(=O)[nH]c(C)nc32)O[C@@H]1CC. The molecule has 0 spiro atoms. The maximum absolute atomic E-state index is 12.0. The van der Waals surface area contributed by atoms with Crippen molar-refractivity contribution in [1.29, 1.82) is 0 Å². The molecule has 0 aliphatic carbocycles. The number of fused-ring (bicyclic) bond motifs is 1. The van der Waals surface area contributed by atoms with E-state index in [1.54, 1.807) is 11.5 Å². The number of rotatable bonds is 6. The Bertz CT molecular complexity index is 835. The Kier molecular flexibility index (Phi) is 5.29. The monoisotopic (exact) mass is 369 g/mol. The average molecular weight is 369 g/mol. The molecule has 2 N–H and O–H groups in total. The molecule has 3 rings (SSSR count). The van der Waals surface area contributed by atoms with Gasteiger partial charge in [0.25, 0.3) is 5.56 Å². The molecule has 2 aromatic heterocycles. The van der Waals surface area contributed by atoms with Crippen molar-refractivity contribution < 1.29 is 18.7 Å². The highest BCUT2D eigenvalue weighted by atomic mass is 31.1. The maximum atomic E-state index is 12.0. The molecule has 10 heteroatoms. The van der Waals surface area contributed by atoms with Crippen LogP contribution < -0.4 is 5.56 Å². The van der Waals surface area contributed by atoms with Crippen LogP contribution >= 0.6 is 8.25 Å². The first-order valence-electron chi connectivity index (χ1n) is 8.38. The second kappa shape index (κ2) is 7.29. The van der Waals surface area contributed by atoms with Gasteiger partial charge >= 0.3 is 8.25 Å². The van der Waals surface area contributed by atoms with Crippen LogP contribution in [-0.4, -0.2) is 36.6 Å². The molecule has 2 unspecified atom stereocenters. The molecule has 25 heavy (non-hydrogen) atoms. The first-order valence-corrected chi connectivity index (χ1v) is 9.51. The Hall–Kier alpha value is -1.67. The summed E-state index contributed by atoms with van der Waals surface area (Å²) in [6.07, 6.45) is 2.56. The van der Waals surface area contributed by atoms with Crippen LogP contribution in [-0.2, 0) is 13.8 Å². The molecular formula is C15H22N4O5P+. The van der Waals surface area contributed by atoms with Gasteiger partial charge in [0.1, 0.15) is 5.82 Å². The van der Waals surface area contributed by atoms with Crippen LogP contribution in [0.5, 0.6) is 0 Å². The zero-order valence-electron chi connectivity index (χ0n) is 14.4. The third kappa shape index (κ3) is 3.37. The van der Waals surface area contributed by atoms with E-state index >= 15 is 0 Å². The van der Waals surface area contributed by atoms with Crippen molar-refractivity contribution in [2.24, 2.45) is 5.92 Å². The molecule has 0 bridgehead atoms. The van der Waals surface area contributed by atoms with Crippen LogP contribution in [0.2, 0.25) is 0 Å². The highest BCUT2D eigenvalue weighted by Gasteiger charge is 2.49. The molecule has 1 fully saturated rings. The number of aromatic amines is 1. The van der Waals surface area contributed by atoms with Gasteiger partial charge in [0.15, 0.2) is 23.5 Å². The number of aromatic nitrogens is 4. The Labute approximate surface area is 145 Å². The van der Waals surface area contributed by atoms with Crippen LogP contribution in [0, 0.1) is 12.8 Å². The number of ether oxygens (including phenoxy) is 1. The third-order valence-electron chi connectivity index (χ3n) is 4.56. The molecule has 0 amide bonds. The highest BCUT2D eigenvalue weighted by molar-refractivity contribution is 7.32. The topological polar surface area (TPSA) is 119 Å². The molecule has 0 aromatic carbocycles. The molecular weight excluding hydrogens is 347 g/mol. The smallest absolute Gasteiger partial charge is 0.351 e. The maximum Gasteiger partial charge on any atom is 0.695 e. The second-order valence-electron chi connectivity index (χ2n) is 6.21. The van der Waals surface area contributed by atoms with Crippen molar-refractivity contribution in [3.05, 3.63) is 22.5 Å². The van der Waals surface area contributed by atoms with Gasteiger partial charge in [-0.25, -0.2) is 9.97 Å². The molecule has 136 valence electrons. The van der Waals surface area contributed by atoms with E-state index < -0.39 is 20.6 Å². The molecule has 1 aliphatic heterocycles. The fourth-order valence-electron chi connectivity index (χ4n) is 3.54. The fourth-order valence-corrected chi connectivity index (χ4v) is 4.01. The summed E-state index contributed by atoms with van der Waals surface area (Å²) in [5, 5.41) is 0. The number of imidazole rings is 1. The predicted octanol–water partition coefficient (Wildman–Crippen LogP) is 2.19. The van der Waals surface area contributed by atoms with E-state index in [-0.39, 0.29) is 23.1 Å². The van der Waals surface area contributed by atoms with Crippen LogP contribution in [0.3, 0.4) is 0 Å². The van der Waals surface area contributed by atoms with Gasteiger partial charge in [-0.2, -0.15) is 0 Å². The average Bonchev–Trinajstić information content (AvgIpc) is 3.09. The largest absolute Gasteiger partial charge is 0.695 e. The van der Waals surface area contributed by atoms with E-state index in [1.807, 2.05) is 13.8 Å². The molecule has 1 saturated heterocycles. The molecule has 3 heterocycles. The summed E-state index contributed by atoms with van der Waals surface area (Å²) in [5.74, 6) is 0.437. The van der Waals surface area contributed by atoms with Crippen molar-refractivity contribution in [1.82, 2.24) is 19.5 Å². The van der Waals surface area contributed by atoms with E-state index in [9.17, 15) is 14.3 Å². The first-order chi connectivity index (χ1) is 12.0. The Morgan fingerprint density at radius 2 is 2.24 bits per heavy atom. The third-order valence-corrected chi connectivity index (χ3v) is 4.98. The minimum atomic E-state index is -2.78. The molecule has 5 atom stereocenters. The zero-order chi connectivity index (χ0) is 18.1. The standard InChI is InChI=1S/C15H21N4O5P/c1-4-6-9-10(5-2)23-15(12(9)24-25(21)22)19-7-16-11-13(19)17-8(3)18-14(11)20/h7,9-10,12,15H,4-6H2,1-3H3,(H-,17,18,20,21,22)/p+1/t9-,10+,12?,15+/m0/s1. The number of hydrogen-bond donors (Lipinski definition) is 2. The summed E-state index contributed by atoms with van der Waals surface area (Å²) < 4.78 is 24.4. The van der Waals surface area contributed by atoms with E-state index in [0.717, 1.165) is 19.3 Å². The lowest BCUT2D eigenvalue weighted by Gasteiger charge is -2.18. The molecule has 0 radical (unpaired) electrons. The lowest BCUT2D eigenvalue weighted by molar-refractivity contribution is -0.0297. The van der Waals surface area contributed by atoms with E-state index in [4.69, 9.17) is 9.26 Å². The predicted molar refractivity (Wildman–Crippen MR) is 90.2 cm³/mol. The van der Waals surface area contributed by atoms with Crippen molar-refractivity contribution in [3.63, 3.8) is 0 Å². The molecule has 2 aromatic rings. The molecule has 9 nitrogen and oxygen atoms in total. The first kappa shape index (κ1) is 18.1. The summed E-state index contributed by atoms with van der Waals surface area (Å²) in [6, 6.07) is 0. The summed E-state index contributed by atoms with van der Waals surface area (Å²) in [6.45, 7) is 5.74. The minimum Gasteiger partial charge on any atom is -0.351 e. The summed E-state index contributed by atoms with van der Waals surface area (Å²) >= 11 is 0. The van der Waals surface area contributed by atoms with E-state index in [0.29, 0.717) is 11.5 Å². The van der Waals surface area contributed by atoms with Gasteiger partial charge in [-0.1, -0.05) is 20.3 Å². The van der Waals surface area contributed by atoms with Gasteiger partial charge < -0.3 is 9.72 Å². The molecule has 1 aliphatic rings. The summed E-state index contributed by atoms with van der Waals surface area (Å²) in [4.78, 5) is 32.4. The van der Waals surface area contributed by atoms with E-state index in [2.05, 4.69) is 15.0 Å². The van der Waals surface area contributed by atoms with Crippen molar-refractivity contribution in [2.45, 2.75) is 58.5 Å². The van der Waals surface area contributed by atoms with Crippen molar-refractivity contribution in [2.75, 3.05) is 0 Å². The Morgan fingerprint density at radius 3 is 2.88 bits per heavy atom. The number of nitrogens with one attached hydrogen (secondary N) is 1. The second-order valence-corrected chi connectivity index (χ2v) is 6.90. The van der Waals surface area contributed by atoms with E-state index in [1.165, 1.54) is 6.33 Å². The van der Waals surface area contributed by atoms with Crippen LogP contribution in [0.15, 0.2) is 11.1 Å². The normalized spacial score (nSPS) is 27.1. The van der Waals surface area contributed by atoms with Gasteiger partial charge in [0, 0.05) is 10.5 Å². The summed E-state index contributed by atoms with van der Waals surface area (Å²) in [7, 11) is -2.78. The Morgan fingerprint density at radius 1 is 1.48 bits per heavy atom. The van der Waals surface area contributed by atoms with Crippen molar-refractivity contribution in [3.8, 4) is 0 Å². The van der Waals surface area contributed by atoms with Crippen LogP contribution in [0.4, 0.5) is 0 Å². The number of hydrogen-bond acceptors (Lipinski definition) is 6. The van der Waals surface area contributed by atoms with Gasteiger partial charge in [-0.3, -0.25) is 9.36 Å². The quantitative estimate of drug-likeness (QED) is 0.749. The fraction of sp³-hybridized carbons (Fsp3) is 0.667. The van der Waals surface area contributed by atoms with Gasteiger partial charge in [-0.05, 0) is 19.8 Å². The number of aryl methyl sites for hydroxylation is 1. The highest BCUT2D eigenvalue weighted by Crippen LogP contribution is 2.43. The summed E-state index contributed by atoms with van der Waals surface area (Å²) in [5.41, 5.74) is 0.246. The van der Waals surface area contributed by atoms with Gasteiger partial charge in [0.2, 0.25) is 0 Å². The van der Waals surface area contributed by atoms with Crippen LogP contribution in [0.1, 0.15) is 45.2 Å². The number of nitrogens with zero attached hydrogens (tertiary/aromatic N) is 3.